The maximum atomic E-state index is 11.7. The number of aliphatic hydroxyl groups excluding tert-OH is 1. The van der Waals surface area contributed by atoms with Crippen LogP contribution < -0.4 is 0 Å². The van der Waals surface area contributed by atoms with Crippen LogP contribution in [0.5, 0.6) is 0 Å². The molecule has 0 saturated heterocycles. The zero-order chi connectivity index (χ0) is 35.4. The summed E-state index contributed by atoms with van der Waals surface area (Å²) >= 11 is 0. The largest absolute Gasteiger partial charge is 0.512 e. The first-order valence-electron chi connectivity index (χ1n) is 17.9. The molecule has 5 aromatic rings. The second kappa shape index (κ2) is 16.6. The minimum absolute atomic E-state index is 0. The Hall–Kier alpha value is -3.27. The van der Waals surface area contributed by atoms with Crippen LogP contribution in [0.25, 0.3) is 43.8 Å². The minimum atomic E-state index is 0. The molecular formula is C44H57IrN2O2-. The first kappa shape index (κ1) is 40.2. The minimum Gasteiger partial charge on any atom is -0.512 e. The molecule has 1 radical (unpaired) electrons. The standard InChI is InChI=1S/C31H33N2.C13H24O2.Ir/c1-30(2,3)19-21-12-10-14-24-25-15-16-32-27(29(25)33(7)28(21)24)22-17-20-11-8-9-13-23(20)26(18-22)31(4,5)6;1-5-10(6-2)12(14)9-13(15)11(7-3)8-4;/h8-16,18H,19H2,1-7H3;9-11,14H,5-8H2,1-4H3;/q-1;;/b;12-9-;. The number of aliphatic hydroxyl groups is 1. The zero-order valence-corrected chi connectivity index (χ0v) is 34.0. The molecule has 0 aliphatic heterocycles. The maximum absolute atomic E-state index is 11.7. The van der Waals surface area contributed by atoms with Gasteiger partial charge in [0.15, 0.2) is 5.78 Å². The van der Waals surface area contributed by atoms with Crippen molar-refractivity contribution < 1.29 is 30.0 Å². The number of benzene rings is 3. The van der Waals surface area contributed by atoms with E-state index in [1.165, 1.54) is 44.4 Å². The van der Waals surface area contributed by atoms with E-state index in [0.29, 0.717) is 0 Å². The molecular weight excluding hydrogens is 781 g/mol. The number of aryl methyl sites for hydroxylation is 1. The van der Waals surface area contributed by atoms with Crippen LogP contribution in [0.3, 0.4) is 0 Å². The van der Waals surface area contributed by atoms with E-state index in [2.05, 4.69) is 114 Å². The Morgan fingerprint density at radius 2 is 1.43 bits per heavy atom. The van der Waals surface area contributed by atoms with Crippen LogP contribution in [-0.4, -0.2) is 20.4 Å². The molecule has 2 heterocycles. The van der Waals surface area contributed by atoms with Crippen LogP contribution in [0, 0.1) is 23.3 Å². The Labute approximate surface area is 308 Å². The van der Waals surface area contributed by atoms with Crippen LogP contribution in [0.4, 0.5) is 0 Å². The van der Waals surface area contributed by atoms with Crippen molar-refractivity contribution in [1.82, 2.24) is 9.55 Å². The molecule has 0 aliphatic rings. The van der Waals surface area contributed by atoms with Crippen molar-refractivity contribution in [3.63, 3.8) is 0 Å². The van der Waals surface area contributed by atoms with Crippen LogP contribution in [0.2, 0.25) is 0 Å². The summed E-state index contributed by atoms with van der Waals surface area (Å²) in [5.74, 6) is 0.547. The molecule has 0 fully saturated rings. The molecule has 49 heavy (non-hydrogen) atoms. The van der Waals surface area contributed by atoms with Gasteiger partial charge in [-0.2, -0.15) is 0 Å². The summed E-state index contributed by atoms with van der Waals surface area (Å²) in [4.78, 5) is 16.6. The van der Waals surface area contributed by atoms with E-state index >= 15 is 0 Å². The van der Waals surface area contributed by atoms with Crippen molar-refractivity contribution in [3.8, 4) is 11.3 Å². The summed E-state index contributed by atoms with van der Waals surface area (Å²) in [5, 5.41) is 14.7. The number of allylic oxidation sites excluding steroid dienone is 2. The van der Waals surface area contributed by atoms with Crippen LogP contribution in [-0.2, 0) is 43.8 Å². The number of ketones is 1. The molecule has 0 unspecified atom stereocenters. The average molecular weight is 838 g/mol. The normalized spacial score (nSPS) is 12.5. The molecule has 4 nitrogen and oxygen atoms in total. The van der Waals surface area contributed by atoms with E-state index in [9.17, 15) is 9.90 Å². The number of pyridine rings is 1. The number of fused-ring (bicyclic) bond motifs is 4. The SMILES string of the molecule is CCC(CC)C(=O)/C=C(\O)C(CC)CC.Cn1c2c(CC(C)(C)C)cccc2c2ccnc(-c3[c-]c4ccccc4c(C(C)(C)C)c3)c21.[Ir]. The fraction of sp³-hybridized carbons (Fsp3) is 0.455. The predicted octanol–water partition coefficient (Wildman–Crippen LogP) is 12.1. The third kappa shape index (κ3) is 9.10. The summed E-state index contributed by atoms with van der Waals surface area (Å²) < 4.78 is 2.36. The molecule has 5 rings (SSSR count). The number of hydrogen-bond donors (Lipinski definition) is 1. The number of nitrogens with zero attached hydrogens (tertiary/aromatic N) is 2. The van der Waals surface area contributed by atoms with Crippen molar-refractivity contribution in [2.75, 3.05) is 0 Å². The van der Waals surface area contributed by atoms with Gasteiger partial charge in [0.05, 0.1) is 11.3 Å². The summed E-state index contributed by atoms with van der Waals surface area (Å²) in [6.07, 6.45) is 7.89. The number of rotatable bonds is 9. The monoisotopic (exact) mass is 838 g/mol. The van der Waals surface area contributed by atoms with E-state index in [1.54, 1.807) is 0 Å². The van der Waals surface area contributed by atoms with Gasteiger partial charge in [-0.15, -0.1) is 29.1 Å². The van der Waals surface area contributed by atoms with Crippen LogP contribution >= 0.6 is 0 Å². The third-order valence-corrected chi connectivity index (χ3v) is 9.65. The van der Waals surface area contributed by atoms with Gasteiger partial charge >= 0.3 is 0 Å². The average Bonchev–Trinajstić information content (AvgIpc) is 3.33. The van der Waals surface area contributed by atoms with Gasteiger partial charge in [0.2, 0.25) is 0 Å². The molecule has 3 aromatic carbocycles. The molecule has 1 N–H and O–H groups in total. The fourth-order valence-electron chi connectivity index (χ4n) is 7.00. The first-order chi connectivity index (χ1) is 22.6. The summed E-state index contributed by atoms with van der Waals surface area (Å²) in [6, 6.07) is 23.5. The van der Waals surface area contributed by atoms with Gasteiger partial charge in [-0.05, 0) is 54.6 Å². The zero-order valence-electron chi connectivity index (χ0n) is 31.6. The Kier molecular flexibility index (Phi) is 13.6. The topological polar surface area (TPSA) is 55.1 Å². The molecule has 2 aromatic heterocycles. The van der Waals surface area contributed by atoms with E-state index in [4.69, 9.17) is 4.98 Å². The fourth-order valence-corrected chi connectivity index (χ4v) is 7.00. The quantitative estimate of drug-likeness (QED) is 0.0914. The summed E-state index contributed by atoms with van der Waals surface area (Å²) in [5.41, 5.74) is 7.53. The van der Waals surface area contributed by atoms with E-state index < -0.39 is 0 Å². The number of aromatic nitrogens is 2. The maximum Gasteiger partial charge on any atom is 0.162 e. The smallest absolute Gasteiger partial charge is 0.162 e. The summed E-state index contributed by atoms with van der Waals surface area (Å²) in [6.45, 7) is 21.8. The Bertz CT molecular complexity index is 1910. The predicted molar refractivity (Wildman–Crippen MR) is 206 cm³/mol. The molecule has 0 atom stereocenters. The van der Waals surface area contributed by atoms with Crippen molar-refractivity contribution in [2.24, 2.45) is 24.3 Å². The van der Waals surface area contributed by atoms with Gasteiger partial charge in [-0.1, -0.05) is 117 Å². The number of carbonyl (C=O) groups is 1. The van der Waals surface area contributed by atoms with E-state index in [1.807, 2.05) is 33.9 Å². The van der Waals surface area contributed by atoms with Gasteiger partial charge in [0, 0.05) is 73.2 Å². The molecule has 265 valence electrons. The second-order valence-corrected chi connectivity index (χ2v) is 15.6. The van der Waals surface area contributed by atoms with E-state index in [-0.39, 0.29) is 54.3 Å². The van der Waals surface area contributed by atoms with Gasteiger partial charge in [-0.25, -0.2) is 0 Å². The van der Waals surface area contributed by atoms with E-state index in [0.717, 1.165) is 48.7 Å². The molecule has 0 spiro atoms. The van der Waals surface area contributed by atoms with Gasteiger partial charge in [0.25, 0.3) is 0 Å². The second-order valence-electron chi connectivity index (χ2n) is 15.6. The number of para-hydroxylation sites is 1. The van der Waals surface area contributed by atoms with Crippen LogP contribution in [0.15, 0.2) is 72.6 Å². The summed E-state index contributed by atoms with van der Waals surface area (Å²) in [7, 11) is 2.19. The van der Waals surface area contributed by atoms with Gasteiger partial charge in [-0.3, -0.25) is 9.78 Å². The van der Waals surface area contributed by atoms with Crippen molar-refractivity contribution >= 4 is 38.4 Å². The Balaban J connectivity index is 0.000000347. The van der Waals surface area contributed by atoms with Gasteiger partial charge in [0.1, 0.15) is 0 Å². The van der Waals surface area contributed by atoms with Crippen molar-refractivity contribution in [3.05, 3.63) is 89.8 Å². The van der Waals surface area contributed by atoms with Crippen LogP contribution in [0.1, 0.15) is 106 Å². The van der Waals surface area contributed by atoms with Gasteiger partial charge < -0.3 is 9.67 Å². The molecule has 0 aliphatic carbocycles. The first-order valence-corrected chi connectivity index (χ1v) is 17.9. The number of carbonyl (C=O) groups excluding carboxylic acids is 1. The number of hydrogen-bond acceptors (Lipinski definition) is 3. The Morgan fingerprint density at radius 3 is 2.02 bits per heavy atom. The molecule has 0 bridgehead atoms. The van der Waals surface area contributed by atoms with Crippen molar-refractivity contribution in [1.29, 1.82) is 0 Å². The molecule has 0 amide bonds. The molecule has 0 saturated carbocycles. The third-order valence-electron chi connectivity index (χ3n) is 9.65. The Morgan fingerprint density at radius 1 is 0.837 bits per heavy atom. The molecule has 5 heteroatoms. The van der Waals surface area contributed by atoms with Crippen molar-refractivity contribution in [2.45, 2.75) is 107 Å².